The minimum absolute atomic E-state index is 0.297. The molecule has 0 aliphatic carbocycles. The molecule has 0 atom stereocenters. The van der Waals surface area contributed by atoms with Gasteiger partial charge < -0.3 is 42.6 Å². The van der Waals surface area contributed by atoms with Crippen LogP contribution < -0.4 is 14.2 Å². The number of hydrogen-bond donors (Lipinski definition) is 0. The van der Waals surface area contributed by atoms with Crippen molar-refractivity contribution in [1.29, 1.82) is 0 Å². The van der Waals surface area contributed by atoms with Crippen molar-refractivity contribution in [3.8, 4) is 17.2 Å². The predicted molar refractivity (Wildman–Crippen MR) is 232 cm³/mol. The Kier molecular flexibility index (Phi) is 23.6. The van der Waals surface area contributed by atoms with Gasteiger partial charge in [-0.3, -0.25) is 0 Å². The molecule has 0 fully saturated rings. The number of carbonyl (C=O) groups is 3. The van der Waals surface area contributed by atoms with Crippen molar-refractivity contribution in [3.63, 3.8) is 0 Å². The van der Waals surface area contributed by atoms with Crippen LogP contribution >= 0.6 is 0 Å². The van der Waals surface area contributed by atoms with Crippen LogP contribution in [0, 0.1) is 0 Å². The van der Waals surface area contributed by atoms with Crippen LogP contribution in [0.15, 0.2) is 92.5 Å². The van der Waals surface area contributed by atoms with Gasteiger partial charge >= 0.3 is 17.9 Å². The van der Waals surface area contributed by atoms with Crippen molar-refractivity contribution in [2.45, 2.75) is 72.0 Å². The smallest absolute Gasteiger partial charge is 0.338 e. The predicted octanol–water partition coefficient (Wildman–Crippen LogP) is 9.06. The summed E-state index contributed by atoms with van der Waals surface area (Å²) in [5.41, 5.74) is 3.01. The molecule has 12 heteroatoms. The number of benzene rings is 3. The molecule has 0 unspecified atom stereocenters. The van der Waals surface area contributed by atoms with Crippen LogP contribution in [0.1, 0.15) is 82.4 Å². The minimum Gasteiger partial charge on any atom is -0.494 e. The van der Waals surface area contributed by atoms with E-state index in [1.807, 2.05) is 36.4 Å². The quantitative estimate of drug-likeness (QED) is 0.0195. The van der Waals surface area contributed by atoms with Crippen molar-refractivity contribution >= 4 is 34.6 Å². The molecule has 0 N–H and O–H groups in total. The zero-order chi connectivity index (χ0) is 43.4. The fourth-order valence-electron chi connectivity index (χ4n) is 5.48. The first-order valence-corrected chi connectivity index (χ1v) is 20.7. The van der Waals surface area contributed by atoms with Gasteiger partial charge in [-0.2, -0.15) is 0 Å². The summed E-state index contributed by atoms with van der Waals surface area (Å²) in [7, 11) is 0. The first-order valence-electron chi connectivity index (χ1n) is 20.7. The van der Waals surface area contributed by atoms with E-state index in [4.69, 9.17) is 42.6 Å². The van der Waals surface area contributed by atoms with Crippen LogP contribution in [-0.4, -0.2) is 90.3 Å². The third-order valence-corrected chi connectivity index (χ3v) is 8.85. The minimum atomic E-state index is -0.433. The SMILES string of the molecule is C=C(C(=O)OCC)c1ccc(OCCCCOCCC(OCCCCOc2ccc(C(=C)C(=O)OCC)cc2)OCCCCOc2ccc(C(=C)C(=O)OCC)cc2)cc1. The second-order valence-electron chi connectivity index (χ2n) is 13.4. The molecule has 3 aromatic carbocycles. The lowest BCUT2D eigenvalue weighted by Gasteiger charge is -2.19. The molecular formula is C48H62O12. The van der Waals surface area contributed by atoms with E-state index < -0.39 is 24.2 Å². The Balaban J connectivity index is 1.35. The third kappa shape index (κ3) is 18.7. The summed E-state index contributed by atoms with van der Waals surface area (Å²) < 4.78 is 50.8. The maximum Gasteiger partial charge on any atom is 0.338 e. The number of esters is 3. The zero-order valence-corrected chi connectivity index (χ0v) is 35.5. The van der Waals surface area contributed by atoms with Crippen LogP contribution in [0.5, 0.6) is 17.2 Å². The number of rotatable bonds is 32. The van der Waals surface area contributed by atoms with E-state index in [1.54, 1.807) is 57.2 Å². The number of carbonyl (C=O) groups excluding carboxylic acids is 3. The lowest BCUT2D eigenvalue weighted by molar-refractivity contribution is -0.154. The molecule has 0 aromatic heterocycles. The lowest BCUT2D eigenvalue weighted by Crippen LogP contribution is -2.21. The molecule has 3 aromatic rings. The van der Waals surface area contributed by atoms with Gasteiger partial charge in [0.2, 0.25) is 0 Å². The summed E-state index contributed by atoms with van der Waals surface area (Å²) in [5, 5.41) is 0. The van der Waals surface area contributed by atoms with Gasteiger partial charge in [-0.15, -0.1) is 0 Å². The van der Waals surface area contributed by atoms with E-state index in [2.05, 4.69) is 19.7 Å². The summed E-state index contributed by atoms with van der Waals surface area (Å²) in [6.45, 7) is 21.3. The highest BCUT2D eigenvalue weighted by Gasteiger charge is 2.14. The molecule has 0 bridgehead atoms. The highest BCUT2D eigenvalue weighted by molar-refractivity contribution is 6.16. The van der Waals surface area contributed by atoms with E-state index in [0.29, 0.717) is 123 Å². The summed E-state index contributed by atoms with van der Waals surface area (Å²) in [5.74, 6) is 0.828. The molecule has 0 aliphatic rings. The summed E-state index contributed by atoms with van der Waals surface area (Å²) in [6, 6.07) is 21.6. The van der Waals surface area contributed by atoms with E-state index >= 15 is 0 Å². The monoisotopic (exact) mass is 830 g/mol. The van der Waals surface area contributed by atoms with Gasteiger partial charge in [0.25, 0.3) is 0 Å². The number of hydrogen-bond acceptors (Lipinski definition) is 12. The molecular weight excluding hydrogens is 769 g/mol. The Morgan fingerprint density at radius 1 is 0.433 bits per heavy atom. The van der Waals surface area contributed by atoms with Gasteiger partial charge in [-0.25, -0.2) is 14.4 Å². The van der Waals surface area contributed by atoms with Crippen LogP contribution in [0.3, 0.4) is 0 Å². The molecule has 0 spiro atoms. The topological polar surface area (TPSA) is 134 Å². The average molecular weight is 831 g/mol. The average Bonchev–Trinajstić information content (AvgIpc) is 3.26. The summed E-state index contributed by atoms with van der Waals surface area (Å²) in [6.07, 6.45) is 4.93. The number of unbranched alkanes of at least 4 members (excludes halogenated alkanes) is 3. The summed E-state index contributed by atoms with van der Waals surface area (Å²) in [4.78, 5) is 35.8. The first kappa shape index (κ1) is 48.9. The van der Waals surface area contributed by atoms with Crippen LogP contribution in [0.2, 0.25) is 0 Å². The van der Waals surface area contributed by atoms with Crippen molar-refractivity contribution < 1.29 is 57.0 Å². The molecule has 0 saturated carbocycles. The molecule has 60 heavy (non-hydrogen) atoms. The Morgan fingerprint density at radius 3 is 1.05 bits per heavy atom. The van der Waals surface area contributed by atoms with Gasteiger partial charge in [-0.1, -0.05) is 56.1 Å². The Labute approximate surface area is 355 Å². The van der Waals surface area contributed by atoms with Gasteiger partial charge in [0.05, 0.1) is 63.0 Å². The maximum absolute atomic E-state index is 11.9. The van der Waals surface area contributed by atoms with Gasteiger partial charge in [0.1, 0.15) is 17.2 Å². The van der Waals surface area contributed by atoms with E-state index in [9.17, 15) is 14.4 Å². The fraction of sp³-hybridized carbons (Fsp3) is 0.438. The van der Waals surface area contributed by atoms with Crippen molar-refractivity contribution in [2.75, 3.05) is 66.1 Å². The largest absolute Gasteiger partial charge is 0.494 e. The van der Waals surface area contributed by atoms with Gasteiger partial charge in [0.15, 0.2) is 6.29 Å². The van der Waals surface area contributed by atoms with E-state index in [-0.39, 0.29) is 0 Å². The first-order chi connectivity index (χ1) is 29.2. The molecule has 0 heterocycles. The van der Waals surface area contributed by atoms with Gasteiger partial charge in [0, 0.05) is 26.2 Å². The second kappa shape index (κ2) is 28.9. The fourth-order valence-corrected chi connectivity index (χ4v) is 5.48. The molecule has 0 aliphatic heterocycles. The highest BCUT2D eigenvalue weighted by Crippen LogP contribution is 2.22. The van der Waals surface area contributed by atoms with Crippen molar-refractivity contribution in [2.24, 2.45) is 0 Å². The van der Waals surface area contributed by atoms with Crippen molar-refractivity contribution in [1.82, 2.24) is 0 Å². The normalized spacial score (nSPS) is 10.8. The Hall–Kier alpha value is -5.43. The maximum atomic E-state index is 11.9. The summed E-state index contributed by atoms with van der Waals surface area (Å²) >= 11 is 0. The number of ether oxygens (including phenoxy) is 9. The Bertz CT molecular complexity index is 1660. The van der Waals surface area contributed by atoms with Crippen LogP contribution in [-0.2, 0) is 42.8 Å². The van der Waals surface area contributed by atoms with Crippen molar-refractivity contribution in [3.05, 3.63) is 109 Å². The molecule has 12 nitrogen and oxygen atoms in total. The van der Waals surface area contributed by atoms with Crippen LogP contribution in [0.25, 0.3) is 16.7 Å². The van der Waals surface area contributed by atoms with Gasteiger partial charge in [-0.05, 0) is 112 Å². The standard InChI is InChI=1S/C48H62O12/c1-7-53-46(49)36(4)39-16-22-42(23-17-39)56-30-11-10-29-52-35-28-45(59-33-14-12-31-57-43-24-18-40(19-25-43)37(5)47(50)54-8-2)60-34-15-13-32-58-44-26-20-41(21-27-44)38(6)48(51)55-9-3/h16-27,45H,4-15,28-35H2,1-3H3. The molecule has 0 amide bonds. The third-order valence-electron chi connectivity index (χ3n) is 8.85. The molecule has 0 saturated heterocycles. The highest BCUT2D eigenvalue weighted by atomic mass is 16.7. The molecule has 326 valence electrons. The molecule has 3 rings (SSSR count). The zero-order valence-electron chi connectivity index (χ0n) is 35.5. The van der Waals surface area contributed by atoms with E-state index in [1.165, 1.54) is 0 Å². The van der Waals surface area contributed by atoms with E-state index in [0.717, 1.165) is 38.5 Å². The Morgan fingerprint density at radius 2 is 0.733 bits per heavy atom. The van der Waals surface area contributed by atoms with Crippen LogP contribution in [0.4, 0.5) is 0 Å². The lowest BCUT2D eigenvalue weighted by atomic mass is 10.1. The molecule has 0 radical (unpaired) electrons. The second-order valence-corrected chi connectivity index (χ2v) is 13.4.